The molecule has 0 spiro atoms. The maximum absolute atomic E-state index is 13.7. The molecule has 0 bridgehead atoms. The summed E-state index contributed by atoms with van der Waals surface area (Å²) in [6.45, 7) is 2.22. The van der Waals surface area contributed by atoms with Crippen LogP contribution >= 0.6 is 34.7 Å². The number of benzene rings is 5. The lowest BCUT2D eigenvalue weighted by Gasteiger charge is -2.14. The van der Waals surface area contributed by atoms with Gasteiger partial charge in [-0.1, -0.05) is 96.5 Å². The van der Waals surface area contributed by atoms with Gasteiger partial charge in [0, 0.05) is 32.1 Å². The Morgan fingerprint density at radius 2 is 1.56 bits per heavy atom. The second-order valence-electron chi connectivity index (χ2n) is 11.5. The quantitative estimate of drug-likeness (QED) is 0.0803. The van der Waals surface area contributed by atoms with E-state index >= 15 is 0 Å². The van der Waals surface area contributed by atoms with Crippen LogP contribution in [0, 0.1) is 0 Å². The number of thiazole rings is 1. The summed E-state index contributed by atoms with van der Waals surface area (Å²) < 4.78 is 5.90. The monoisotopic (exact) mass is 744 g/mol. The van der Waals surface area contributed by atoms with Crippen molar-refractivity contribution in [3.05, 3.63) is 166 Å². The van der Waals surface area contributed by atoms with Crippen LogP contribution in [0.15, 0.2) is 149 Å². The van der Waals surface area contributed by atoms with E-state index in [2.05, 4.69) is 20.9 Å². The molecule has 3 amide bonds. The highest BCUT2D eigenvalue weighted by Crippen LogP contribution is 2.31. The second-order valence-corrected chi connectivity index (χ2v) is 14.2. The van der Waals surface area contributed by atoms with Gasteiger partial charge in [0.05, 0.1) is 10.9 Å². The molecule has 1 heterocycles. The number of carbonyl (C=O) groups is 3. The van der Waals surface area contributed by atoms with Gasteiger partial charge < -0.3 is 20.7 Å². The van der Waals surface area contributed by atoms with Gasteiger partial charge in [0.25, 0.3) is 11.8 Å². The van der Waals surface area contributed by atoms with E-state index in [1.54, 1.807) is 61.5 Å². The molecule has 8 nitrogen and oxygen atoms in total. The van der Waals surface area contributed by atoms with Crippen molar-refractivity contribution in [2.45, 2.75) is 23.7 Å². The van der Waals surface area contributed by atoms with Gasteiger partial charge >= 0.3 is 0 Å². The smallest absolute Gasteiger partial charge is 0.272 e. The average molecular weight is 745 g/mol. The molecule has 6 rings (SSSR count). The van der Waals surface area contributed by atoms with Crippen LogP contribution in [0.3, 0.4) is 0 Å². The normalized spacial score (nSPS) is 11.7. The first-order valence-corrected chi connectivity index (χ1v) is 18.4. The van der Waals surface area contributed by atoms with Gasteiger partial charge in [0.2, 0.25) is 5.91 Å². The number of aromatic nitrogens is 1. The molecule has 3 N–H and O–H groups in total. The van der Waals surface area contributed by atoms with Crippen LogP contribution in [-0.2, 0) is 16.2 Å². The number of ether oxygens (including phenoxy) is 1. The van der Waals surface area contributed by atoms with Gasteiger partial charge in [-0.3, -0.25) is 14.4 Å². The topological polar surface area (TPSA) is 109 Å². The number of thioether (sulfide) groups is 1. The maximum atomic E-state index is 13.7. The van der Waals surface area contributed by atoms with E-state index in [9.17, 15) is 14.4 Å². The highest BCUT2D eigenvalue weighted by molar-refractivity contribution is 8.00. The fraction of sp³-hybridized carbons (Fsp3) is 0.0732. The Bertz CT molecular complexity index is 2190. The number of halogens is 1. The molecule has 0 radical (unpaired) electrons. The zero-order valence-electron chi connectivity index (χ0n) is 27.9. The van der Waals surface area contributed by atoms with E-state index in [1.165, 1.54) is 23.1 Å². The molecule has 260 valence electrons. The van der Waals surface area contributed by atoms with E-state index in [0.29, 0.717) is 45.0 Å². The maximum Gasteiger partial charge on any atom is 0.272 e. The summed E-state index contributed by atoms with van der Waals surface area (Å²) in [5.41, 5.74) is 4.18. The fourth-order valence-corrected chi connectivity index (χ4v) is 6.82. The second kappa shape index (κ2) is 17.5. The van der Waals surface area contributed by atoms with Crippen molar-refractivity contribution in [3.8, 4) is 17.0 Å². The number of carbonyl (C=O) groups excluding carboxylic acids is 3. The summed E-state index contributed by atoms with van der Waals surface area (Å²) in [4.78, 5) is 45.2. The lowest BCUT2D eigenvalue weighted by molar-refractivity contribution is -0.115. The van der Waals surface area contributed by atoms with E-state index in [-0.39, 0.29) is 11.6 Å². The van der Waals surface area contributed by atoms with Crippen molar-refractivity contribution >= 4 is 69.3 Å². The van der Waals surface area contributed by atoms with Crippen molar-refractivity contribution < 1.29 is 19.1 Å². The first kappa shape index (κ1) is 36.1. The number of nitrogens with zero attached hydrogens (tertiary/aromatic N) is 1. The first-order valence-electron chi connectivity index (χ1n) is 16.2. The largest absolute Gasteiger partial charge is 0.489 e. The molecule has 0 aliphatic rings. The van der Waals surface area contributed by atoms with Crippen LogP contribution in [0.1, 0.15) is 28.4 Å². The minimum Gasteiger partial charge on any atom is -0.489 e. The summed E-state index contributed by atoms with van der Waals surface area (Å²) in [5.74, 6) is -0.483. The van der Waals surface area contributed by atoms with Crippen LogP contribution in [0.5, 0.6) is 5.75 Å². The van der Waals surface area contributed by atoms with Gasteiger partial charge in [0.15, 0.2) is 5.13 Å². The first-order chi connectivity index (χ1) is 25.3. The molecule has 6 aromatic rings. The van der Waals surface area contributed by atoms with Crippen LogP contribution < -0.4 is 20.7 Å². The van der Waals surface area contributed by atoms with Crippen molar-refractivity contribution in [3.63, 3.8) is 0 Å². The summed E-state index contributed by atoms with van der Waals surface area (Å²) in [5, 5.41) is 11.0. The fourth-order valence-electron chi connectivity index (χ4n) is 4.94. The SMILES string of the molecule is CC(Sc1cccc(NC(=O)/C(=C/c2ccc(OCc3ccccc3)cc2)NC(=O)c2ccccc2)c1)C(=O)Nc1nc(-c2ccccc2Cl)cs1. The summed E-state index contributed by atoms with van der Waals surface area (Å²) in [7, 11) is 0. The van der Waals surface area contributed by atoms with Crippen molar-refractivity contribution in [1.29, 1.82) is 0 Å². The number of anilines is 2. The number of hydrogen-bond donors (Lipinski definition) is 3. The molecule has 0 aliphatic carbocycles. The molecule has 0 fully saturated rings. The Morgan fingerprint density at radius 1 is 0.846 bits per heavy atom. The Hall–Kier alpha value is -5.68. The van der Waals surface area contributed by atoms with Gasteiger partial charge in [-0.15, -0.1) is 23.1 Å². The average Bonchev–Trinajstić information content (AvgIpc) is 3.63. The van der Waals surface area contributed by atoms with E-state index in [0.717, 1.165) is 16.0 Å². The Morgan fingerprint density at radius 3 is 2.31 bits per heavy atom. The van der Waals surface area contributed by atoms with Gasteiger partial charge in [0.1, 0.15) is 18.1 Å². The third kappa shape index (κ3) is 9.97. The molecular formula is C41H33ClN4O4S2. The van der Waals surface area contributed by atoms with Crippen molar-refractivity contribution in [2.24, 2.45) is 0 Å². The molecule has 1 atom stereocenters. The third-order valence-electron chi connectivity index (χ3n) is 7.63. The molecule has 5 aromatic carbocycles. The third-order valence-corrected chi connectivity index (χ3v) is 9.81. The molecule has 0 aliphatic heterocycles. The Kier molecular flexibility index (Phi) is 12.2. The van der Waals surface area contributed by atoms with Gasteiger partial charge in [-0.25, -0.2) is 4.98 Å². The van der Waals surface area contributed by atoms with Gasteiger partial charge in [-0.2, -0.15) is 0 Å². The van der Waals surface area contributed by atoms with Crippen molar-refractivity contribution in [1.82, 2.24) is 10.3 Å². The van der Waals surface area contributed by atoms with Crippen molar-refractivity contribution in [2.75, 3.05) is 10.6 Å². The minimum absolute atomic E-state index is 0.0530. The number of amides is 3. The highest BCUT2D eigenvalue weighted by atomic mass is 35.5. The predicted molar refractivity (Wildman–Crippen MR) is 211 cm³/mol. The minimum atomic E-state index is -0.514. The van der Waals surface area contributed by atoms with E-state index < -0.39 is 17.1 Å². The summed E-state index contributed by atoms with van der Waals surface area (Å²) >= 11 is 8.97. The van der Waals surface area contributed by atoms with Crippen LogP contribution in [-0.4, -0.2) is 28.0 Å². The Labute approximate surface area is 314 Å². The van der Waals surface area contributed by atoms with E-state index in [4.69, 9.17) is 16.3 Å². The molecule has 0 saturated heterocycles. The Balaban J connectivity index is 1.12. The zero-order valence-corrected chi connectivity index (χ0v) is 30.3. The molecule has 1 aromatic heterocycles. The standard InChI is InChI=1S/C41H33ClN4O4S2/c1-27(38(47)46-41-45-37(26-51-41)34-17-8-9-18-35(34)42)52-33-16-10-15-31(24-33)43-40(49)36(44-39(48)30-13-6-3-7-14-30)23-28-19-21-32(22-20-28)50-25-29-11-4-2-5-12-29/h2-24,26-27H,25H2,1H3,(H,43,49)(H,44,48)(H,45,46,47)/b36-23-. The molecule has 0 saturated carbocycles. The zero-order chi connectivity index (χ0) is 36.3. The number of hydrogen-bond acceptors (Lipinski definition) is 7. The number of nitrogens with one attached hydrogen (secondary N) is 3. The van der Waals surface area contributed by atoms with Gasteiger partial charge in [-0.05, 0) is 72.7 Å². The predicted octanol–water partition coefficient (Wildman–Crippen LogP) is 9.57. The highest BCUT2D eigenvalue weighted by Gasteiger charge is 2.19. The lowest BCUT2D eigenvalue weighted by Crippen LogP contribution is -2.30. The summed E-state index contributed by atoms with van der Waals surface area (Å²) in [6, 6.07) is 40.4. The van der Waals surface area contributed by atoms with Crippen LogP contribution in [0.25, 0.3) is 17.3 Å². The molecule has 1 unspecified atom stereocenters. The molecule has 52 heavy (non-hydrogen) atoms. The lowest BCUT2D eigenvalue weighted by atomic mass is 10.1. The summed E-state index contributed by atoms with van der Waals surface area (Å²) in [6.07, 6.45) is 1.61. The van der Waals surface area contributed by atoms with Crippen LogP contribution in [0.2, 0.25) is 5.02 Å². The molecular weight excluding hydrogens is 712 g/mol. The van der Waals surface area contributed by atoms with E-state index in [1.807, 2.05) is 90.3 Å². The molecule has 11 heteroatoms. The number of rotatable bonds is 13. The van der Waals surface area contributed by atoms with Crippen LogP contribution in [0.4, 0.5) is 10.8 Å².